The molecule has 1 aliphatic rings. The first-order valence-corrected chi connectivity index (χ1v) is 5.96. The summed E-state index contributed by atoms with van der Waals surface area (Å²) < 4.78 is 10.9. The Bertz CT molecular complexity index is 369. The van der Waals surface area contributed by atoms with Gasteiger partial charge in [0.1, 0.15) is 11.0 Å². The number of ether oxygens (including phenoxy) is 2. The summed E-state index contributed by atoms with van der Waals surface area (Å²) in [4.78, 5) is 8.10. The molecule has 1 aromatic rings. The van der Waals surface area contributed by atoms with E-state index in [0.29, 0.717) is 17.5 Å². The highest BCUT2D eigenvalue weighted by atomic mass is 35.5. The minimum absolute atomic E-state index is 0.178. The minimum atomic E-state index is -0.178. The second-order valence-electron chi connectivity index (χ2n) is 4.08. The van der Waals surface area contributed by atoms with Gasteiger partial charge in [-0.2, -0.15) is 0 Å². The Morgan fingerprint density at radius 2 is 2.24 bits per heavy atom. The first-order valence-electron chi connectivity index (χ1n) is 5.58. The highest BCUT2D eigenvalue weighted by molar-refractivity contribution is 6.29. The highest BCUT2D eigenvalue weighted by Crippen LogP contribution is 2.24. The van der Waals surface area contributed by atoms with E-state index in [1.165, 1.54) is 6.20 Å². The van der Waals surface area contributed by atoms with E-state index in [-0.39, 0.29) is 5.60 Å². The SMILES string of the molecule is COC1(CNc2cncc(Cl)n2)CCOCC1. The van der Waals surface area contributed by atoms with Crippen molar-refractivity contribution in [2.45, 2.75) is 18.4 Å². The number of halogens is 1. The fourth-order valence-electron chi connectivity index (χ4n) is 1.88. The molecule has 1 aliphatic heterocycles. The van der Waals surface area contributed by atoms with E-state index >= 15 is 0 Å². The summed E-state index contributed by atoms with van der Waals surface area (Å²) in [6, 6.07) is 0. The first-order chi connectivity index (χ1) is 8.24. The summed E-state index contributed by atoms with van der Waals surface area (Å²) >= 11 is 5.77. The van der Waals surface area contributed by atoms with E-state index in [4.69, 9.17) is 21.1 Å². The van der Waals surface area contributed by atoms with Crippen molar-refractivity contribution in [3.63, 3.8) is 0 Å². The second kappa shape index (κ2) is 5.62. The maximum absolute atomic E-state index is 5.77. The van der Waals surface area contributed by atoms with Crippen LogP contribution in [0, 0.1) is 0 Å². The molecule has 17 heavy (non-hydrogen) atoms. The molecule has 1 aromatic heterocycles. The van der Waals surface area contributed by atoms with Crippen LogP contribution in [0.4, 0.5) is 5.82 Å². The number of nitrogens with zero attached hydrogens (tertiary/aromatic N) is 2. The number of methoxy groups -OCH3 is 1. The average Bonchev–Trinajstić information content (AvgIpc) is 2.38. The van der Waals surface area contributed by atoms with Crippen LogP contribution >= 0.6 is 11.6 Å². The van der Waals surface area contributed by atoms with Gasteiger partial charge in [0.05, 0.1) is 18.0 Å². The molecule has 0 aromatic carbocycles. The Morgan fingerprint density at radius 1 is 1.47 bits per heavy atom. The molecule has 1 N–H and O–H groups in total. The Hall–Kier alpha value is -0.910. The number of aromatic nitrogens is 2. The lowest BCUT2D eigenvalue weighted by atomic mass is 9.94. The van der Waals surface area contributed by atoms with Crippen LogP contribution in [0.15, 0.2) is 12.4 Å². The molecule has 0 aliphatic carbocycles. The van der Waals surface area contributed by atoms with Crippen LogP contribution in [0.1, 0.15) is 12.8 Å². The summed E-state index contributed by atoms with van der Waals surface area (Å²) in [6.45, 7) is 2.15. The molecule has 5 nitrogen and oxygen atoms in total. The predicted molar refractivity (Wildman–Crippen MR) is 65.3 cm³/mol. The molecular formula is C11H16ClN3O2. The lowest BCUT2D eigenvalue weighted by Crippen LogP contribution is -2.44. The van der Waals surface area contributed by atoms with Crippen molar-refractivity contribution in [2.75, 3.05) is 32.2 Å². The number of anilines is 1. The van der Waals surface area contributed by atoms with E-state index in [2.05, 4.69) is 15.3 Å². The smallest absolute Gasteiger partial charge is 0.149 e. The highest BCUT2D eigenvalue weighted by Gasteiger charge is 2.32. The van der Waals surface area contributed by atoms with Gasteiger partial charge in [0.25, 0.3) is 0 Å². The Morgan fingerprint density at radius 3 is 2.88 bits per heavy atom. The number of hydrogen-bond acceptors (Lipinski definition) is 5. The Balaban J connectivity index is 1.95. The predicted octanol–water partition coefficient (Wildman–Crippen LogP) is 1.74. The molecule has 2 heterocycles. The Labute approximate surface area is 105 Å². The third kappa shape index (κ3) is 3.28. The summed E-state index contributed by atoms with van der Waals surface area (Å²) in [5.41, 5.74) is -0.178. The van der Waals surface area contributed by atoms with Gasteiger partial charge in [-0.25, -0.2) is 4.98 Å². The van der Waals surface area contributed by atoms with Crippen LogP contribution in [-0.4, -0.2) is 42.4 Å². The largest absolute Gasteiger partial charge is 0.381 e. The fraction of sp³-hybridized carbons (Fsp3) is 0.636. The summed E-state index contributed by atoms with van der Waals surface area (Å²) in [7, 11) is 1.73. The van der Waals surface area contributed by atoms with Crippen molar-refractivity contribution in [3.05, 3.63) is 17.5 Å². The molecule has 0 saturated carbocycles. The molecule has 1 saturated heterocycles. The fourth-order valence-corrected chi connectivity index (χ4v) is 2.02. The van der Waals surface area contributed by atoms with E-state index in [1.807, 2.05) is 0 Å². The van der Waals surface area contributed by atoms with Gasteiger partial charge in [-0.3, -0.25) is 4.98 Å². The zero-order valence-corrected chi connectivity index (χ0v) is 10.5. The molecule has 1 fully saturated rings. The Kier molecular flexibility index (Phi) is 4.15. The van der Waals surface area contributed by atoms with Crippen molar-refractivity contribution >= 4 is 17.4 Å². The van der Waals surface area contributed by atoms with Crippen molar-refractivity contribution in [1.29, 1.82) is 0 Å². The van der Waals surface area contributed by atoms with Gasteiger partial charge in [0.2, 0.25) is 0 Å². The first kappa shape index (κ1) is 12.5. The third-order valence-electron chi connectivity index (χ3n) is 3.03. The minimum Gasteiger partial charge on any atom is -0.381 e. The van der Waals surface area contributed by atoms with Gasteiger partial charge in [-0.05, 0) is 0 Å². The zero-order chi connectivity index (χ0) is 12.1. The van der Waals surface area contributed by atoms with Gasteiger partial charge in [-0.1, -0.05) is 11.6 Å². The lowest BCUT2D eigenvalue weighted by Gasteiger charge is -2.36. The molecule has 2 rings (SSSR count). The molecule has 0 spiro atoms. The molecule has 0 bridgehead atoms. The maximum atomic E-state index is 5.77. The van der Waals surface area contributed by atoms with E-state index < -0.39 is 0 Å². The number of hydrogen-bond donors (Lipinski definition) is 1. The van der Waals surface area contributed by atoms with Crippen LogP contribution < -0.4 is 5.32 Å². The van der Waals surface area contributed by atoms with Gasteiger partial charge >= 0.3 is 0 Å². The van der Waals surface area contributed by atoms with E-state index in [1.54, 1.807) is 13.3 Å². The topological polar surface area (TPSA) is 56.3 Å². The van der Waals surface area contributed by atoms with Crippen molar-refractivity contribution in [2.24, 2.45) is 0 Å². The van der Waals surface area contributed by atoms with Crippen molar-refractivity contribution < 1.29 is 9.47 Å². The van der Waals surface area contributed by atoms with Crippen molar-refractivity contribution in [1.82, 2.24) is 9.97 Å². The molecule has 94 valence electrons. The normalized spacial score (nSPS) is 18.9. The summed E-state index contributed by atoms with van der Waals surface area (Å²) in [5.74, 6) is 0.667. The molecule has 0 radical (unpaired) electrons. The average molecular weight is 258 g/mol. The molecule has 6 heteroatoms. The van der Waals surface area contributed by atoms with Crippen LogP contribution in [0.5, 0.6) is 0 Å². The maximum Gasteiger partial charge on any atom is 0.149 e. The standard InChI is InChI=1S/C11H16ClN3O2/c1-16-11(2-4-17-5-3-11)8-14-10-7-13-6-9(12)15-10/h6-7H,2-5,8H2,1H3,(H,14,15). The zero-order valence-electron chi connectivity index (χ0n) is 9.78. The molecule has 0 amide bonds. The second-order valence-corrected chi connectivity index (χ2v) is 4.47. The molecule has 0 unspecified atom stereocenters. The summed E-state index contributed by atoms with van der Waals surface area (Å²) in [5, 5.41) is 3.59. The van der Waals surface area contributed by atoms with Crippen LogP contribution in [0.2, 0.25) is 5.15 Å². The lowest BCUT2D eigenvalue weighted by molar-refractivity contribution is -0.0807. The number of nitrogens with one attached hydrogen (secondary N) is 1. The molecule has 0 atom stereocenters. The van der Waals surface area contributed by atoms with Crippen LogP contribution in [0.25, 0.3) is 0 Å². The third-order valence-corrected chi connectivity index (χ3v) is 3.22. The summed E-state index contributed by atoms with van der Waals surface area (Å²) in [6.07, 6.45) is 4.91. The van der Waals surface area contributed by atoms with Gasteiger partial charge < -0.3 is 14.8 Å². The quantitative estimate of drug-likeness (QED) is 0.890. The van der Waals surface area contributed by atoms with Gasteiger partial charge in [0.15, 0.2) is 0 Å². The molecular weight excluding hydrogens is 242 g/mol. The van der Waals surface area contributed by atoms with E-state index in [9.17, 15) is 0 Å². The number of rotatable bonds is 4. The van der Waals surface area contributed by atoms with Gasteiger partial charge in [0, 0.05) is 39.7 Å². The monoisotopic (exact) mass is 257 g/mol. The van der Waals surface area contributed by atoms with Crippen molar-refractivity contribution in [3.8, 4) is 0 Å². The van der Waals surface area contributed by atoms with E-state index in [0.717, 1.165) is 26.1 Å². The van der Waals surface area contributed by atoms with Crippen LogP contribution in [-0.2, 0) is 9.47 Å². The van der Waals surface area contributed by atoms with Crippen LogP contribution in [0.3, 0.4) is 0 Å². The van der Waals surface area contributed by atoms with Gasteiger partial charge in [-0.15, -0.1) is 0 Å².